The van der Waals surface area contributed by atoms with Gasteiger partial charge in [0.05, 0.1) is 5.39 Å². The molecule has 0 atom stereocenters. The molecule has 0 aliphatic rings. The second-order valence-corrected chi connectivity index (χ2v) is 5.84. The molecule has 3 aromatic heterocycles. The molecule has 0 aromatic carbocycles. The lowest BCUT2D eigenvalue weighted by Gasteiger charge is -2.09. The molecule has 6 nitrogen and oxygen atoms in total. The maximum atomic E-state index is 12.6. The molecular formula is C15H13N3O3S. The van der Waals surface area contributed by atoms with E-state index in [0.29, 0.717) is 15.9 Å². The zero-order valence-electron chi connectivity index (χ0n) is 11.8. The molecule has 0 amide bonds. The van der Waals surface area contributed by atoms with E-state index in [1.807, 2.05) is 6.92 Å². The van der Waals surface area contributed by atoms with Gasteiger partial charge in [-0.05, 0) is 24.6 Å². The maximum Gasteiger partial charge on any atom is 0.323 e. The highest BCUT2D eigenvalue weighted by Crippen LogP contribution is 2.24. The Morgan fingerprint density at radius 2 is 2.23 bits per heavy atom. The van der Waals surface area contributed by atoms with Crippen LogP contribution in [0.3, 0.4) is 0 Å². The van der Waals surface area contributed by atoms with Gasteiger partial charge in [0.25, 0.3) is 5.56 Å². The summed E-state index contributed by atoms with van der Waals surface area (Å²) in [5.74, 6) is -0.809. The third kappa shape index (κ3) is 2.50. The Labute approximate surface area is 129 Å². The first-order chi connectivity index (χ1) is 10.6. The van der Waals surface area contributed by atoms with Crippen molar-refractivity contribution in [1.29, 1.82) is 0 Å². The third-order valence-electron chi connectivity index (χ3n) is 3.24. The summed E-state index contributed by atoms with van der Waals surface area (Å²) in [4.78, 5) is 34.0. The number of carboxylic acids is 1. The number of aryl methyl sites for hydroxylation is 1. The molecule has 112 valence electrons. The number of rotatable bonds is 4. The molecule has 0 radical (unpaired) electrons. The lowest BCUT2D eigenvalue weighted by Crippen LogP contribution is -2.26. The van der Waals surface area contributed by atoms with Crippen LogP contribution >= 0.6 is 11.3 Å². The van der Waals surface area contributed by atoms with Gasteiger partial charge in [0, 0.05) is 11.1 Å². The molecule has 0 spiro atoms. The Morgan fingerprint density at radius 3 is 2.86 bits per heavy atom. The third-order valence-corrected chi connectivity index (χ3v) is 4.41. The standard InChI is InChI=1S/C15H13N3O3S/c1-2-9-7-10-14(22-9)17-13(11-5-3-4-6-16-11)18(15(10)21)8-12(19)20/h3-7H,2,8H2,1H3,(H,19,20). The minimum Gasteiger partial charge on any atom is -0.480 e. The number of carboxylic acid groups (broad SMARTS) is 1. The van der Waals surface area contributed by atoms with Gasteiger partial charge >= 0.3 is 5.97 Å². The zero-order valence-corrected chi connectivity index (χ0v) is 12.6. The maximum absolute atomic E-state index is 12.6. The lowest BCUT2D eigenvalue weighted by molar-refractivity contribution is -0.137. The Kier molecular flexibility index (Phi) is 3.72. The molecule has 0 fully saturated rings. The summed E-state index contributed by atoms with van der Waals surface area (Å²) in [7, 11) is 0. The van der Waals surface area contributed by atoms with Gasteiger partial charge < -0.3 is 5.11 Å². The SMILES string of the molecule is CCc1cc2c(=O)n(CC(=O)O)c(-c3ccccn3)nc2s1. The van der Waals surface area contributed by atoms with Crippen LogP contribution in [0.25, 0.3) is 21.7 Å². The van der Waals surface area contributed by atoms with E-state index in [9.17, 15) is 9.59 Å². The second-order valence-electron chi connectivity index (χ2n) is 4.72. The number of nitrogens with zero attached hydrogens (tertiary/aromatic N) is 3. The van der Waals surface area contributed by atoms with Crippen LogP contribution in [0.5, 0.6) is 0 Å². The number of hydrogen-bond acceptors (Lipinski definition) is 5. The molecule has 3 rings (SSSR count). The van der Waals surface area contributed by atoms with Gasteiger partial charge in [0.1, 0.15) is 17.1 Å². The molecular weight excluding hydrogens is 302 g/mol. The number of aromatic nitrogens is 3. The zero-order chi connectivity index (χ0) is 15.7. The summed E-state index contributed by atoms with van der Waals surface area (Å²) < 4.78 is 1.17. The smallest absolute Gasteiger partial charge is 0.323 e. The second kappa shape index (κ2) is 5.69. The van der Waals surface area contributed by atoms with Crippen LogP contribution in [0.2, 0.25) is 0 Å². The fourth-order valence-corrected chi connectivity index (χ4v) is 3.17. The van der Waals surface area contributed by atoms with Crippen LogP contribution in [0.15, 0.2) is 35.3 Å². The van der Waals surface area contributed by atoms with Crippen molar-refractivity contribution in [1.82, 2.24) is 14.5 Å². The first kappa shape index (κ1) is 14.4. The van der Waals surface area contributed by atoms with E-state index in [2.05, 4.69) is 9.97 Å². The normalized spacial score (nSPS) is 11.0. The Morgan fingerprint density at radius 1 is 1.41 bits per heavy atom. The summed E-state index contributed by atoms with van der Waals surface area (Å²) in [5, 5.41) is 9.54. The van der Waals surface area contributed by atoms with Gasteiger partial charge in [0.2, 0.25) is 0 Å². The molecule has 3 heterocycles. The number of pyridine rings is 1. The van der Waals surface area contributed by atoms with Crippen molar-refractivity contribution in [3.05, 3.63) is 45.7 Å². The van der Waals surface area contributed by atoms with Crippen molar-refractivity contribution in [3.8, 4) is 11.5 Å². The monoisotopic (exact) mass is 315 g/mol. The fraction of sp³-hybridized carbons (Fsp3) is 0.200. The van der Waals surface area contributed by atoms with Crippen LogP contribution < -0.4 is 5.56 Å². The van der Waals surface area contributed by atoms with E-state index in [0.717, 1.165) is 11.3 Å². The number of fused-ring (bicyclic) bond motifs is 1. The highest BCUT2D eigenvalue weighted by atomic mass is 32.1. The van der Waals surface area contributed by atoms with Crippen molar-refractivity contribution in [2.75, 3.05) is 0 Å². The van der Waals surface area contributed by atoms with Crippen molar-refractivity contribution in [3.63, 3.8) is 0 Å². The van der Waals surface area contributed by atoms with Gasteiger partial charge in [0.15, 0.2) is 5.82 Å². The summed E-state index contributed by atoms with van der Waals surface area (Å²) >= 11 is 1.45. The van der Waals surface area contributed by atoms with Crippen LogP contribution in [0, 0.1) is 0 Å². The summed E-state index contributed by atoms with van der Waals surface area (Å²) in [5.41, 5.74) is 0.137. The molecule has 0 unspecified atom stereocenters. The van der Waals surface area contributed by atoms with Crippen molar-refractivity contribution < 1.29 is 9.90 Å². The molecule has 0 saturated carbocycles. The molecule has 1 N–H and O–H groups in total. The summed E-state index contributed by atoms with van der Waals surface area (Å²) in [6.45, 7) is 1.56. The average molecular weight is 315 g/mol. The number of thiophene rings is 1. The Hall–Kier alpha value is -2.54. The van der Waals surface area contributed by atoms with E-state index in [1.54, 1.807) is 30.5 Å². The molecule has 7 heteroatoms. The first-order valence-electron chi connectivity index (χ1n) is 6.76. The Bertz CT molecular complexity index is 900. The summed E-state index contributed by atoms with van der Waals surface area (Å²) in [6.07, 6.45) is 2.39. The predicted octanol–water partition coefficient (Wildman–Crippen LogP) is 2.17. The van der Waals surface area contributed by atoms with Gasteiger partial charge in [-0.3, -0.25) is 19.1 Å². The molecule has 3 aromatic rings. The minimum atomic E-state index is -1.09. The van der Waals surface area contributed by atoms with E-state index in [4.69, 9.17) is 5.11 Å². The lowest BCUT2D eigenvalue weighted by atomic mass is 10.3. The van der Waals surface area contributed by atoms with E-state index in [1.165, 1.54) is 15.9 Å². The van der Waals surface area contributed by atoms with Crippen molar-refractivity contribution >= 4 is 27.5 Å². The molecule has 0 saturated heterocycles. The van der Waals surface area contributed by atoms with Crippen molar-refractivity contribution in [2.24, 2.45) is 0 Å². The van der Waals surface area contributed by atoms with E-state index < -0.39 is 12.5 Å². The number of hydrogen-bond donors (Lipinski definition) is 1. The largest absolute Gasteiger partial charge is 0.480 e. The topological polar surface area (TPSA) is 85.1 Å². The van der Waals surface area contributed by atoms with Crippen LogP contribution in [0.1, 0.15) is 11.8 Å². The van der Waals surface area contributed by atoms with Crippen LogP contribution in [-0.4, -0.2) is 25.6 Å². The highest BCUT2D eigenvalue weighted by Gasteiger charge is 2.17. The molecule has 22 heavy (non-hydrogen) atoms. The highest BCUT2D eigenvalue weighted by molar-refractivity contribution is 7.18. The van der Waals surface area contributed by atoms with E-state index >= 15 is 0 Å². The predicted molar refractivity (Wildman–Crippen MR) is 84.1 cm³/mol. The van der Waals surface area contributed by atoms with E-state index in [-0.39, 0.29) is 11.4 Å². The number of carbonyl (C=O) groups is 1. The Balaban J connectivity index is 2.33. The summed E-state index contributed by atoms with van der Waals surface area (Å²) in [6, 6.07) is 7.02. The molecule has 0 aliphatic carbocycles. The fourth-order valence-electron chi connectivity index (χ4n) is 2.21. The first-order valence-corrected chi connectivity index (χ1v) is 7.58. The van der Waals surface area contributed by atoms with Crippen molar-refractivity contribution in [2.45, 2.75) is 19.9 Å². The average Bonchev–Trinajstić information content (AvgIpc) is 2.94. The molecule has 0 aliphatic heterocycles. The van der Waals surface area contributed by atoms with Crippen LogP contribution in [-0.2, 0) is 17.8 Å². The minimum absolute atomic E-state index is 0.282. The molecule has 0 bridgehead atoms. The van der Waals surface area contributed by atoms with Gasteiger partial charge in [-0.2, -0.15) is 0 Å². The quantitative estimate of drug-likeness (QED) is 0.797. The van der Waals surface area contributed by atoms with Gasteiger partial charge in [-0.15, -0.1) is 11.3 Å². The van der Waals surface area contributed by atoms with Crippen LogP contribution in [0.4, 0.5) is 0 Å². The number of aliphatic carboxylic acids is 1. The van der Waals surface area contributed by atoms with Gasteiger partial charge in [-0.1, -0.05) is 13.0 Å². The van der Waals surface area contributed by atoms with Gasteiger partial charge in [-0.25, -0.2) is 4.98 Å².